The fraction of sp³-hybridized carbons (Fsp3) is 0. The van der Waals surface area contributed by atoms with Gasteiger partial charge in [-0.2, -0.15) is 0 Å². The number of carbonyl (C=O) groups is 2. The van der Waals surface area contributed by atoms with Crippen LogP contribution in [0.1, 0.15) is 20.8 Å². The van der Waals surface area contributed by atoms with Crippen LogP contribution in [0.15, 0.2) is 42.6 Å². The third kappa shape index (κ3) is 3.18. The zero-order valence-corrected chi connectivity index (χ0v) is 10.5. The molecule has 0 atom stereocenters. The lowest BCUT2D eigenvalue weighted by Crippen LogP contribution is -2.17. The molecule has 0 spiro atoms. The van der Waals surface area contributed by atoms with Crippen molar-refractivity contribution in [1.82, 2.24) is 4.98 Å². The van der Waals surface area contributed by atoms with Crippen molar-refractivity contribution in [3.05, 3.63) is 64.0 Å². The van der Waals surface area contributed by atoms with Crippen molar-refractivity contribution in [3.63, 3.8) is 0 Å². The van der Waals surface area contributed by atoms with Crippen LogP contribution in [0.25, 0.3) is 0 Å². The van der Waals surface area contributed by atoms with Crippen LogP contribution in [-0.2, 0) is 0 Å². The lowest BCUT2D eigenvalue weighted by Gasteiger charge is -2.06. The normalized spacial score (nSPS) is 9.90. The van der Waals surface area contributed by atoms with Gasteiger partial charge in [-0.05, 0) is 18.2 Å². The number of carboxylic acid groups (broad SMARTS) is 1. The Labute approximate surface area is 118 Å². The number of amides is 1. The van der Waals surface area contributed by atoms with E-state index < -0.39 is 16.8 Å². The molecular formula is C13H9N3O5. The van der Waals surface area contributed by atoms with Crippen LogP contribution in [0.3, 0.4) is 0 Å². The molecule has 21 heavy (non-hydrogen) atoms. The van der Waals surface area contributed by atoms with E-state index >= 15 is 0 Å². The number of hydrogen-bond donors (Lipinski definition) is 2. The fourth-order valence-corrected chi connectivity index (χ4v) is 1.65. The monoisotopic (exact) mass is 287 g/mol. The minimum Gasteiger partial charge on any atom is -0.476 e. The zero-order chi connectivity index (χ0) is 15.4. The molecule has 1 aromatic heterocycles. The van der Waals surface area contributed by atoms with Crippen molar-refractivity contribution in [1.29, 1.82) is 0 Å². The lowest BCUT2D eigenvalue weighted by atomic mass is 10.1. The number of aromatic nitrogens is 1. The zero-order valence-electron chi connectivity index (χ0n) is 10.5. The van der Waals surface area contributed by atoms with Gasteiger partial charge in [-0.15, -0.1) is 0 Å². The summed E-state index contributed by atoms with van der Waals surface area (Å²) in [5.41, 5.74) is -0.510. The highest BCUT2D eigenvalue weighted by Gasteiger charge is 2.18. The summed E-state index contributed by atoms with van der Waals surface area (Å²) >= 11 is 0. The van der Waals surface area contributed by atoms with Crippen LogP contribution < -0.4 is 5.32 Å². The Morgan fingerprint density at radius 2 is 2.00 bits per heavy atom. The van der Waals surface area contributed by atoms with E-state index in [1.165, 1.54) is 42.6 Å². The van der Waals surface area contributed by atoms with Crippen molar-refractivity contribution >= 4 is 23.3 Å². The average Bonchev–Trinajstić information content (AvgIpc) is 2.47. The summed E-state index contributed by atoms with van der Waals surface area (Å²) in [4.78, 5) is 36.7. The molecule has 0 saturated heterocycles. The number of nitro groups is 1. The average molecular weight is 287 g/mol. The molecule has 1 heterocycles. The summed E-state index contributed by atoms with van der Waals surface area (Å²) in [6, 6.07) is 8.06. The quantitative estimate of drug-likeness (QED) is 0.654. The molecule has 0 aliphatic carbocycles. The molecule has 0 aliphatic rings. The first-order chi connectivity index (χ1) is 9.99. The minimum atomic E-state index is -1.33. The molecule has 8 heteroatoms. The highest BCUT2D eigenvalue weighted by Crippen LogP contribution is 2.18. The Balaban J connectivity index is 2.28. The summed E-state index contributed by atoms with van der Waals surface area (Å²) < 4.78 is 0. The molecule has 2 aromatic rings. The Kier molecular flexibility index (Phi) is 3.89. The van der Waals surface area contributed by atoms with Gasteiger partial charge in [0.05, 0.1) is 10.5 Å². The maximum absolute atomic E-state index is 12.0. The van der Waals surface area contributed by atoms with Gasteiger partial charge in [0.25, 0.3) is 11.6 Å². The van der Waals surface area contributed by atoms with E-state index in [1.807, 2.05) is 0 Å². The third-order valence-electron chi connectivity index (χ3n) is 2.57. The van der Waals surface area contributed by atoms with Crippen LogP contribution in [0.5, 0.6) is 0 Å². The smallest absolute Gasteiger partial charge is 0.355 e. The first-order valence-corrected chi connectivity index (χ1v) is 5.73. The van der Waals surface area contributed by atoms with Crippen molar-refractivity contribution in [2.75, 3.05) is 5.32 Å². The molecule has 2 N–H and O–H groups in total. The molecule has 1 aromatic carbocycles. The molecular weight excluding hydrogens is 278 g/mol. The van der Waals surface area contributed by atoms with Gasteiger partial charge in [-0.1, -0.05) is 6.07 Å². The van der Waals surface area contributed by atoms with E-state index in [-0.39, 0.29) is 22.6 Å². The van der Waals surface area contributed by atoms with E-state index in [9.17, 15) is 19.7 Å². The molecule has 1 amide bonds. The van der Waals surface area contributed by atoms with Crippen molar-refractivity contribution in [2.45, 2.75) is 0 Å². The molecule has 0 fully saturated rings. The van der Waals surface area contributed by atoms with E-state index in [0.717, 1.165) is 0 Å². The number of carboxylic acids is 1. The second-order valence-corrected chi connectivity index (χ2v) is 3.97. The summed E-state index contributed by atoms with van der Waals surface area (Å²) in [5.74, 6) is -2.04. The third-order valence-corrected chi connectivity index (χ3v) is 2.57. The van der Waals surface area contributed by atoms with E-state index in [2.05, 4.69) is 10.3 Å². The summed E-state index contributed by atoms with van der Waals surface area (Å²) in [5, 5.41) is 22.0. The number of pyridine rings is 1. The molecule has 0 radical (unpaired) electrons. The topological polar surface area (TPSA) is 122 Å². The Morgan fingerprint density at radius 1 is 1.24 bits per heavy atom. The maximum atomic E-state index is 12.0. The van der Waals surface area contributed by atoms with Gasteiger partial charge < -0.3 is 10.4 Å². The largest absolute Gasteiger partial charge is 0.476 e. The number of carbonyl (C=O) groups excluding carboxylic acids is 1. The molecule has 106 valence electrons. The SMILES string of the molecule is O=C(Nc1cccc([N+](=O)[O-])c1)c1cccnc1C(=O)O. The summed E-state index contributed by atoms with van der Waals surface area (Å²) in [6.07, 6.45) is 1.26. The van der Waals surface area contributed by atoms with Gasteiger partial charge in [0.1, 0.15) is 0 Å². The van der Waals surface area contributed by atoms with Crippen molar-refractivity contribution < 1.29 is 19.6 Å². The Bertz CT molecular complexity index is 729. The van der Waals surface area contributed by atoms with Crippen LogP contribution in [0.2, 0.25) is 0 Å². The van der Waals surface area contributed by atoms with Crippen LogP contribution in [0.4, 0.5) is 11.4 Å². The van der Waals surface area contributed by atoms with Crippen LogP contribution in [-0.4, -0.2) is 26.9 Å². The number of non-ortho nitro benzene ring substituents is 1. The number of nitro benzene ring substituents is 1. The standard InChI is InChI=1S/C13H9N3O5/c17-12(10-5-2-6-14-11(10)13(18)19)15-8-3-1-4-9(7-8)16(20)21/h1-7H,(H,15,17)(H,18,19). The maximum Gasteiger partial charge on any atom is 0.355 e. The molecule has 8 nitrogen and oxygen atoms in total. The number of hydrogen-bond acceptors (Lipinski definition) is 5. The van der Waals surface area contributed by atoms with Crippen LogP contribution >= 0.6 is 0 Å². The van der Waals surface area contributed by atoms with Gasteiger partial charge in [0.2, 0.25) is 0 Å². The number of rotatable bonds is 4. The molecule has 2 rings (SSSR count). The first kappa shape index (κ1) is 14.1. The number of benzene rings is 1. The summed E-state index contributed by atoms with van der Waals surface area (Å²) in [7, 11) is 0. The Morgan fingerprint density at radius 3 is 2.67 bits per heavy atom. The summed E-state index contributed by atoms with van der Waals surface area (Å²) in [6.45, 7) is 0. The van der Waals surface area contributed by atoms with Gasteiger partial charge in [0.15, 0.2) is 5.69 Å². The predicted octanol–water partition coefficient (Wildman–Crippen LogP) is 1.94. The second-order valence-electron chi connectivity index (χ2n) is 3.97. The highest BCUT2D eigenvalue weighted by atomic mass is 16.6. The highest BCUT2D eigenvalue weighted by molar-refractivity contribution is 6.09. The van der Waals surface area contributed by atoms with Crippen LogP contribution in [0, 0.1) is 10.1 Å². The number of nitrogens with zero attached hydrogens (tertiary/aromatic N) is 2. The van der Waals surface area contributed by atoms with E-state index in [4.69, 9.17) is 5.11 Å². The molecule has 0 bridgehead atoms. The minimum absolute atomic E-state index is 0.128. The van der Waals surface area contributed by atoms with Crippen molar-refractivity contribution in [2.24, 2.45) is 0 Å². The molecule has 0 saturated carbocycles. The number of anilines is 1. The van der Waals surface area contributed by atoms with E-state index in [1.54, 1.807) is 0 Å². The molecule has 0 unspecified atom stereocenters. The number of aromatic carboxylic acids is 1. The Hall–Kier alpha value is -3.29. The first-order valence-electron chi connectivity index (χ1n) is 5.73. The van der Waals surface area contributed by atoms with E-state index in [0.29, 0.717) is 0 Å². The van der Waals surface area contributed by atoms with Gasteiger partial charge >= 0.3 is 5.97 Å². The van der Waals surface area contributed by atoms with Crippen molar-refractivity contribution in [3.8, 4) is 0 Å². The molecule has 0 aliphatic heterocycles. The lowest BCUT2D eigenvalue weighted by molar-refractivity contribution is -0.384. The predicted molar refractivity (Wildman–Crippen MR) is 72.2 cm³/mol. The van der Waals surface area contributed by atoms with Gasteiger partial charge in [-0.25, -0.2) is 9.78 Å². The fourth-order valence-electron chi connectivity index (χ4n) is 1.65. The van der Waals surface area contributed by atoms with Gasteiger partial charge in [0, 0.05) is 24.0 Å². The number of nitrogens with one attached hydrogen (secondary N) is 1. The van der Waals surface area contributed by atoms with Gasteiger partial charge in [-0.3, -0.25) is 14.9 Å². The second kappa shape index (κ2) is 5.78.